The number of ketones is 1. The molecule has 0 amide bonds. The topological polar surface area (TPSA) is 41.5 Å². The summed E-state index contributed by atoms with van der Waals surface area (Å²) in [4.78, 5) is 10.6. The average molecular weight is 122 g/mol. The van der Waals surface area contributed by atoms with Gasteiger partial charge in [0.05, 0.1) is 0 Å². The summed E-state index contributed by atoms with van der Waals surface area (Å²) in [6.45, 7) is 0. The predicted molar refractivity (Wildman–Crippen MR) is 34.9 cm³/mol. The number of nitrogens with zero attached hydrogens (tertiary/aromatic N) is 1. The van der Waals surface area contributed by atoms with Crippen molar-refractivity contribution >= 4 is 12.0 Å². The molecule has 1 N–H and O–H groups in total. The molecule has 0 bridgehead atoms. The lowest BCUT2D eigenvalue weighted by atomic mass is 10.3. The van der Waals surface area contributed by atoms with Gasteiger partial charge in [0.1, 0.15) is 0 Å². The SMILES string of the molecule is O=C1/C=C\C=N/N/C=C\1. The van der Waals surface area contributed by atoms with Crippen molar-refractivity contribution in [2.45, 2.75) is 0 Å². The van der Waals surface area contributed by atoms with E-state index >= 15 is 0 Å². The molecule has 0 aromatic rings. The van der Waals surface area contributed by atoms with Gasteiger partial charge in [0.2, 0.25) is 0 Å². The van der Waals surface area contributed by atoms with Crippen LogP contribution >= 0.6 is 0 Å². The van der Waals surface area contributed by atoms with E-state index in [2.05, 4.69) is 10.5 Å². The van der Waals surface area contributed by atoms with Crippen LogP contribution in [0.5, 0.6) is 0 Å². The Morgan fingerprint density at radius 1 is 1.44 bits per heavy atom. The molecule has 0 aromatic heterocycles. The molecule has 0 radical (unpaired) electrons. The average Bonchev–Trinajstić information content (AvgIpc) is 1.79. The number of carbonyl (C=O) groups excluding carboxylic acids is 1. The van der Waals surface area contributed by atoms with E-state index in [0.29, 0.717) is 0 Å². The molecule has 9 heavy (non-hydrogen) atoms. The number of hydrogen-bond acceptors (Lipinski definition) is 3. The van der Waals surface area contributed by atoms with Gasteiger partial charge in [-0.3, -0.25) is 10.2 Å². The van der Waals surface area contributed by atoms with Crippen molar-refractivity contribution < 1.29 is 4.79 Å². The molecule has 46 valence electrons. The summed E-state index contributed by atoms with van der Waals surface area (Å²) in [7, 11) is 0. The van der Waals surface area contributed by atoms with Crippen LogP contribution in [-0.4, -0.2) is 12.0 Å². The van der Waals surface area contributed by atoms with E-state index in [1.54, 1.807) is 6.08 Å². The van der Waals surface area contributed by atoms with Crippen molar-refractivity contribution in [2.24, 2.45) is 5.10 Å². The molecule has 1 aliphatic heterocycles. The summed E-state index contributed by atoms with van der Waals surface area (Å²) in [5.74, 6) is -0.0337. The van der Waals surface area contributed by atoms with Gasteiger partial charge >= 0.3 is 0 Å². The summed E-state index contributed by atoms with van der Waals surface area (Å²) in [5.41, 5.74) is 2.53. The molecular formula is C6H6N2O. The van der Waals surface area contributed by atoms with Gasteiger partial charge in [0.15, 0.2) is 5.78 Å². The minimum absolute atomic E-state index is 0.0337. The Kier molecular flexibility index (Phi) is 1.80. The molecule has 1 rings (SSSR count). The minimum Gasteiger partial charge on any atom is -0.290 e. The van der Waals surface area contributed by atoms with Crippen LogP contribution in [0.4, 0.5) is 0 Å². The zero-order valence-electron chi connectivity index (χ0n) is 4.74. The summed E-state index contributed by atoms with van der Waals surface area (Å²) in [6.07, 6.45) is 7.44. The fraction of sp³-hybridized carbons (Fsp3) is 0. The van der Waals surface area contributed by atoms with Crippen LogP contribution in [0.25, 0.3) is 0 Å². The van der Waals surface area contributed by atoms with Gasteiger partial charge in [-0.2, -0.15) is 5.10 Å². The van der Waals surface area contributed by atoms with E-state index in [-0.39, 0.29) is 5.78 Å². The lowest BCUT2D eigenvalue weighted by molar-refractivity contribution is -0.110. The fourth-order valence-corrected chi connectivity index (χ4v) is 0.442. The summed E-state index contributed by atoms with van der Waals surface area (Å²) in [5, 5.41) is 3.66. The summed E-state index contributed by atoms with van der Waals surface area (Å²) < 4.78 is 0. The molecule has 3 heteroatoms. The molecule has 0 saturated carbocycles. The van der Waals surface area contributed by atoms with Crippen molar-refractivity contribution in [3.05, 3.63) is 24.4 Å². The molecule has 1 heterocycles. The van der Waals surface area contributed by atoms with E-state index in [9.17, 15) is 4.79 Å². The zero-order chi connectivity index (χ0) is 6.53. The van der Waals surface area contributed by atoms with Crippen molar-refractivity contribution in [1.82, 2.24) is 5.43 Å². The number of hydrazone groups is 1. The molecule has 0 aromatic carbocycles. The van der Waals surface area contributed by atoms with Gasteiger partial charge in [0.25, 0.3) is 0 Å². The molecule has 1 aliphatic rings. The highest BCUT2D eigenvalue weighted by Crippen LogP contribution is 1.80. The van der Waals surface area contributed by atoms with E-state index in [0.717, 1.165) is 0 Å². The monoisotopic (exact) mass is 122 g/mol. The van der Waals surface area contributed by atoms with Gasteiger partial charge in [-0.25, -0.2) is 0 Å². The van der Waals surface area contributed by atoms with Gasteiger partial charge in [-0.05, 0) is 12.2 Å². The first kappa shape index (κ1) is 5.75. The first-order valence-corrected chi connectivity index (χ1v) is 2.55. The quantitative estimate of drug-likeness (QED) is 0.499. The Hall–Kier alpha value is -1.38. The van der Waals surface area contributed by atoms with Crippen LogP contribution in [0.2, 0.25) is 0 Å². The molecule has 3 nitrogen and oxygen atoms in total. The van der Waals surface area contributed by atoms with Gasteiger partial charge in [-0.15, -0.1) is 0 Å². The maximum Gasteiger partial charge on any atom is 0.180 e. The summed E-state index contributed by atoms with van der Waals surface area (Å²) >= 11 is 0. The van der Waals surface area contributed by atoms with Crippen LogP contribution in [-0.2, 0) is 4.79 Å². The lowest BCUT2D eigenvalue weighted by Gasteiger charge is -1.88. The predicted octanol–water partition coefficient (Wildman–Crippen LogP) is 0.214. The molecular weight excluding hydrogens is 116 g/mol. The van der Waals surface area contributed by atoms with Gasteiger partial charge in [-0.1, -0.05) is 0 Å². The second kappa shape index (κ2) is 2.81. The zero-order valence-corrected chi connectivity index (χ0v) is 4.74. The third kappa shape index (κ3) is 1.90. The second-order valence-electron chi connectivity index (χ2n) is 1.50. The van der Waals surface area contributed by atoms with E-state index < -0.39 is 0 Å². The van der Waals surface area contributed by atoms with Crippen LogP contribution in [0.3, 0.4) is 0 Å². The maximum atomic E-state index is 10.6. The highest BCUT2D eigenvalue weighted by molar-refractivity contribution is 6.01. The third-order valence-electron chi connectivity index (χ3n) is 0.818. The smallest absolute Gasteiger partial charge is 0.180 e. The molecule has 0 spiro atoms. The molecule has 0 fully saturated rings. The number of carbonyl (C=O) groups is 1. The van der Waals surface area contributed by atoms with E-state index in [1.165, 1.54) is 24.6 Å². The minimum atomic E-state index is -0.0337. The number of nitrogens with one attached hydrogen (secondary N) is 1. The van der Waals surface area contributed by atoms with Crippen LogP contribution in [0.15, 0.2) is 29.5 Å². The lowest BCUT2D eigenvalue weighted by Crippen LogP contribution is -1.98. The number of hydrogen-bond donors (Lipinski definition) is 1. The highest BCUT2D eigenvalue weighted by atomic mass is 16.1. The summed E-state index contributed by atoms with van der Waals surface area (Å²) in [6, 6.07) is 0. The Morgan fingerprint density at radius 3 is 3.22 bits per heavy atom. The molecule has 0 aliphatic carbocycles. The van der Waals surface area contributed by atoms with Gasteiger partial charge in [0, 0.05) is 18.5 Å². The standard InChI is InChI=1S/C6H6N2O/c9-6-2-1-4-7-8-5-3-6/h1-5,8H/b2-1-,5-3-,7-4-. The Bertz CT molecular complexity index is 191. The van der Waals surface area contributed by atoms with Crippen LogP contribution < -0.4 is 5.43 Å². The first-order valence-electron chi connectivity index (χ1n) is 2.55. The van der Waals surface area contributed by atoms with Crippen molar-refractivity contribution in [3.63, 3.8) is 0 Å². The van der Waals surface area contributed by atoms with Crippen molar-refractivity contribution in [3.8, 4) is 0 Å². The highest BCUT2D eigenvalue weighted by Gasteiger charge is 1.86. The van der Waals surface area contributed by atoms with Crippen molar-refractivity contribution in [2.75, 3.05) is 0 Å². The van der Waals surface area contributed by atoms with Crippen LogP contribution in [0.1, 0.15) is 0 Å². The van der Waals surface area contributed by atoms with E-state index in [4.69, 9.17) is 0 Å². The molecule has 0 atom stereocenters. The largest absolute Gasteiger partial charge is 0.290 e. The fourth-order valence-electron chi connectivity index (χ4n) is 0.442. The Balaban J connectivity index is 2.72. The maximum absolute atomic E-state index is 10.6. The first-order chi connectivity index (χ1) is 4.39. The van der Waals surface area contributed by atoms with Crippen LogP contribution in [0, 0.1) is 0 Å². The number of allylic oxidation sites excluding steroid dienone is 3. The molecule has 0 saturated heterocycles. The second-order valence-corrected chi connectivity index (χ2v) is 1.50. The van der Waals surface area contributed by atoms with E-state index in [1.807, 2.05) is 0 Å². The Labute approximate surface area is 52.8 Å². The number of rotatable bonds is 0. The van der Waals surface area contributed by atoms with Crippen molar-refractivity contribution in [1.29, 1.82) is 0 Å². The normalized spacial score (nSPS) is 27.3. The van der Waals surface area contributed by atoms with Gasteiger partial charge < -0.3 is 0 Å². The third-order valence-corrected chi connectivity index (χ3v) is 0.818. The molecule has 0 unspecified atom stereocenters. The Morgan fingerprint density at radius 2 is 2.33 bits per heavy atom.